The zero-order chi connectivity index (χ0) is 18.2. The Bertz CT molecular complexity index is 527. The second kappa shape index (κ2) is 9.54. The van der Waals surface area contributed by atoms with Crippen molar-refractivity contribution in [1.82, 2.24) is 0 Å². The fourth-order valence-corrected chi connectivity index (χ4v) is 12.2. The van der Waals surface area contributed by atoms with Crippen molar-refractivity contribution in [2.24, 2.45) is 0 Å². The Morgan fingerprint density at radius 2 is 1.58 bits per heavy atom. The molecule has 5 heteroatoms. The first kappa shape index (κ1) is 21.1. The van der Waals surface area contributed by atoms with Gasteiger partial charge in [0.25, 0.3) is 0 Å². The van der Waals surface area contributed by atoms with Crippen molar-refractivity contribution in [2.75, 3.05) is 0 Å². The van der Waals surface area contributed by atoms with Crippen LogP contribution in [0.1, 0.15) is 38.7 Å². The fraction of sp³-hybridized carbons (Fsp3) is 0.632. The van der Waals surface area contributed by atoms with Crippen LogP contribution in [0.15, 0.2) is 24.3 Å². The summed E-state index contributed by atoms with van der Waals surface area (Å²) in [5.74, 6) is 0.437. The van der Waals surface area contributed by atoms with E-state index in [0.29, 0.717) is 5.75 Å². The van der Waals surface area contributed by atoms with Crippen molar-refractivity contribution in [3.8, 4) is 5.75 Å². The van der Waals surface area contributed by atoms with Crippen molar-refractivity contribution < 1.29 is 13.6 Å². The van der Waals surface area contributed by atoms with Crippen molar-refractivity contribution in [1.29, 1.82) is 0 Å². The maximum absolute atomic E-state index is 11.2. The first-order valence-electron chi connectivity index (χ1n) is 9.12. The number of ether oxygens (including phenoxy) is 1. The molecule has 0 N–H and O–H groups in total. The summed E-state index contributed by atoms with van der Waals surface area (Å²) in [6, 6.07) is 10.2. The summed E-state index contributed by atoms with van der Waals surface area (Å²) in [5, 5.41) is 0. The number of hydrogen-bond acceptors (Lipinski definition) is 3. The van der Waals surface area contributed by atoms with Gasteiger partial charge in [-0.1, -0.05) is 38.0 Å². The number of esters is 1. The summed E-state index contributed by atoms with van der Waals surface area (Å²) >= 11 is 0. The van der Waals surface area contributed by atoms with E-state index in [1.807, 2.05) is 24.3 Å². The summed E-state index contributed by atoms with van der Waals surface area (Å²) in [4.78, 5) is 11.2. The number of rotatable bonds is 10. The molecule has 0 aromatic heterocycles. The molecule has 0 heterocycles. The van der Waals surface area contributed by atoms with Crippen LogP contribution in [0.4, 0.5) is 0 Å². The number of hydrogen-bond donors (Lipinski definition) is 0. The predicted molar refractivity (Wildman–Crippen MR) is 107 cm³/mol. The number of unbranched alkanes of at least 4 members (excludes halogenated alkanes) is 1. The summed E-state index contributed by atoms with van der Waals surface area (Å²) < 4.78 is 12.0. The zero-order valence-corrected chi connectivity index (χ0v) is 18.3. The van der Waals surface area contributed by atoms with Gasteiger partial charge >= 0.3 is 5.97 Å². The quantitative estimate of drug-likeness (QED) is 0.299. The van der Waals surface area contributed by atoms with E-state index in [4.69, 9.17) is 8.85 Å². The highest BCUT2D eigenvalue weighted by molar-refractivity contribution is 6.84. The molecule has 0 amide bonds. The van der Waals surface area contributed by atoms with E-state index >= 15 is 0 Å². The molecule has 0 atom stereocenters. The van der Waals surface area contributed by atoms with E-state index in [1.54, 1.807) is 0 Å². The van der Waals surface area contributed by atoms with Crippen LogP contribution in [-0.2, 0) is 15.3 Å². The van der Waals surface area contributed by atoms with Gasteiger partial charge < -0.3 is 8.85 Å². The standard InChI is InChI=1S/C19H34O3Si2/c1-7-8-15-23(3,4)22-24(5,6)16-11-13-18-12-9-10-14-19(18)21-17(2)20/h9-10,12,14H,7-8,11,13,15-16H2,1-6H3. The Balaban J connectivity index is 2.55. The average Bonchev–Trinajstić information content (AvgIpc) is 2.45. The van der Waals surface area contributed by atoms with Gasteiger partial charge in [-0.2, -0.15) is 0 Å². The minimum absolute atomic E-state index is 0.260. The molecule has 0 aliphatic heterocycles. The number of carbonyl (C=O) groups is 1. The molecular weight excluding hydrogens is 332 g/mol. The average molecular weight is 367 g/mol. The van der Waals surface area contributed by atoms with E-state index < -0.39 is 16.6 Å². The molecule has 0 unspecified atom stereocenters. The third-order valence-corrected chi connectivity index (χ3v) is 11.7. The summed E-state index contributed by atoms with van der Waals surface area (Å²) in [6.07, 6.45) is 4.53. The Morgan fingerprint density at radius 1 is 1.00 bits per heavy atom. The normalized spacial score (nSPS) is 12.2. The Kier molecular flexibility index (Phi) is 8.40. The van der Waals surface area contributed by atoms with Gasteiger partial charge in [-0.05, 0) is 62.7 Å². The molecule has 1 rings (SSSR count). The van der Waals surface area contributed by atoms with Crippen LogP contribution in [0.3, 0.4) is 0 Å². The first-order chi connectivity index (χ1) is 11.2. The van der Waals surface area contributed by atoms with Crippen LogP contribution in [0.25, 0.3) is 0 Å². The Hall–Kier alpha value is -0.916. The van der Waals surface area contributed by atoms with Gasteiger partial charge in [-0.3, -0.25) is 4.79 Å². The molecule has 0 aliphatic carbocycles. The minimum atomic E-state index is -1.64. The lowest BCUT2D eigenvalue weighted by atomic mass is 10.1. The highest BCUT2D eigenvalue weighted by Crippen LogP contribution is 2.26. The lowest BCUT2D eigenvalue weighted by molar-refractivity contribution is -0.131. The summed E-state index contributed by atoms with van der Waals surface area (Å²) in [7, 11) is -3.17. The van der Waals surface area contributed by atoms with E-state index in [0.717, 1.165) is 24.4 Å². The van der Waals surface area contributed by atoms with Gasteiger partial charge in [0.1, 0.15) is 5.75 Å². The summed E-state index contributed by atoms with van der Waals surface area (Å²) in [5.41, 5.74) is 1.11. The Morgan fingerprint density at radius 3 is 2.17 bits per heavy atom. The number of para-hydroxylation sites is 1. The third kappa shape index (κ3) is 8.26. The SMILES string of the molecule is CCCC[Si](C)(C)O[Si](C)(C)CCCc1ccccc1OC(C)=O. The van der Waals surface area contributed by atoms with E-state index in [2.05, 4.69) is 33.1 Å². The summed E-state index contributed by atoms with van der Waals surface area (Å²) in [6.45, 7) is 13.1. The van der Waals surface area contributed by atoms with Gasteiger partial charge in [-0.15, -0.1) is 0 Å². The monoisotopic (exact) mass is 366 g/mol. The highest BCUT2D eigenvalue weighted by atomic mass is 28.4. The molecular formula is C19H34O3Si2. The second-order valence-corrected chi connectivity index (χ2v) is 16.6. The minimum Gasteiger partial charge on any atom is -0.455 e. The molecule has 1 aromatic carbocycles. The number of carbonyl (C=O) groups excluding carboxylic acids is 1. The third-order valence-electron chi connectivity index (χ3n) is 4.14. The van der Waals surface area contributed by atoms with Crippen molar-refractivity contribution in [3.63, 3.8) is 0 Å². The lowest BCUT2D eigenvalue weighted by Gasteiger charge is -2.34. The maximum Gasteiger partial charge on any atom is 0.308 e. The smallest absolute Gasteiger partial charge is 0.308 e. The molecule has 0 bridgehead atoms. The van der Waals surface area contributed by atoms with Gasteiger partial charge in [0, 0.05) is 6.92 Å². The molecule has 24 heavy (non-hydrogen) atoms. The zero-order valence-electron chi connectivity index (χ0n) is 16.3. The van der Waals surface area contributed by atoms with Crippen LogP contribution in [0.5, 0.6) is 5.75 Å². The molecule has 136 valence electrons. The van der Waals surface area contributed by atoms with E-state index in [9.17, 15) is 4.79 Å². The van der Waals surface area contributed by atoms with Gasteiger partial charge in [0.15, 0.2) is 16.6 Å². The highest BCUT2D eigenvalue weighted by Gasteiger charge is 2.32. The number of benzene rings is 1. The fourth-order valence-electron chi connectivity index (χ4n) is 3.12. The van der Waals surface area contributed by atoms with Crippen molar-refractivity contribution in [2.45, 2.75) is 77.8 Å². The van der Waals surface area contributed by atoms with Crippen LogP contribution >= 0.6 is 0 Å². The molecule has 0 saturated heterocycles. The molecule has 0 fully saturated rings. The van der Waals surface area contributed by atoms with Crippen molar-refractivity contribution >= 4 is 22.6 Å². The van der Waals surface area contributed by atoms with Gasteiger partial charge in [0.05, 0.1) is 0 Å². The van der Waals surface area contributed by atoms with Gasteiger partial charge in [-0.25, -0.2) is 0 Å². The predicted octanol–water partition coefficient (Wildman–Crippen LogP) is 5.77. The van der Waals surface area contributed by atoms with Crippen LogP contribution in [0.2, 0.25) is 38.3 Å². The number of aryl methyl sites for hydroxylation is 1. The maximum atomic E-state index is 11.2. The topological polar surface area (TPSA) is 35.5 Å². The van der Waals surface area contributed by atoms with Crippen LogP contribution in [-0.4, -0.2) is 22.6 Å². The van der Waals surface area contributed by atoms with Crippen LogP contribution in [0, 0.1) is 0 Å². The first-order valence-corrected chi connectivity index (χ1v) is 15.3. The molecule has 0 spiro atoms. The van der Waals surface area contributed by atoms with Crippen LogP contribution < -0.4 is 4.74 Å². The lowest BCUT2D eigenvalue weighted by Crippen LogP contribution is -2.44. The molecule has 3 nitrogen and oxygen atoms in total. The molecule has 0 saturated carbocycles. The molecule has 0 aliphatic rings. The Labute approximate surface area is 150 Å². The molecule has 1 aromatic rings. The molecule has 0 radical (unpaired) electrons. The van der Waals surface area contributed by atoms with E-state index in [1.165, 1.54) is 25.8 Å². The van der Waals surface area contributed by atoms with Gasteiger partial charge in [0.2, 0.25) is 0 Å². The second-order valence-electron chi connectivity index (χ2n) is 7.78. The largest absolute Gasteiger partial charge is 0.455 e. The van der Waals surface area contributed by atoms with Crippen molar-refractivity contribution in [3.05, 3.63) is 29.8 Å². The van der Waals surface area contributed by atoms with E-state index in [-0.39, 0.29) is 5.97 Å².